The fraction of sp³-hybridized carbons (Fsp3) is 0.286. The Kier molecular flexibility index (Phi) is 5.38. The molecule has 2 aromatic carbocycles. The Labute approximate surface area is 179 Å². The molecule has 1 saturated heterocycles. The largest absolute Gasteiger partial charge is 0.373 e. The number of carbonyl (C=O) groups excluding carboxylic acids is 3. The van der Waals surface area contributed by atoms with Crippen molar-refractivity contribution in [3.05, 3.63) is 59.2 Å². The predicted molar refractivity (Wildman–Crippen MR) is 111 cm³/mol. The van der Waals surface area contributed by atoms with Gasteiger partial charge >= 0.3 is 0 Å². The van der Waals surface area contributed by atoms with Crippen molar-refractivity contribution in [2.24, 2.45) is 0 Å². The van der Waals surface area contributed by atoms with E-state index in [1.807, 2.05) is 13.8 Å². The molecule has 3 amide bonds. The Bertz CT molecular complexity index is 1170. The highest BCUT2D eigenvalue weighted by atomic mass is 32.2. The highest BCUT2D eigenvalue weighted by Gasteiger charge is 2.32. The molecule has 2 aliphatic heterocycles. The van der Waals surface area contributed by atoms with E-state index in [9.17, 15) is 22.8 Å². The Balaban J connectivity index is 1.53. The lowest BCUT2D eigenvalue weighted by Gasteiger charge is -2.34. The van der Waals surface area contributed by atoms with Crippen molar-refractivity contribution >= 4 is 33.4 Å². The van der Waals surface area contributed by atoms with Gasteiger partial charge in [0, 0.05) is 18.7 Å². The van der Waals surface area contributed by atoms with Crippen molar-refractivity contribution in [1.82, 2.24) is 9.62 Å². The molecule has 162 valence electrons. The number of amides is 3. The number of rotatable bonds is 4. The molecule has 0 aliphatic carbocycles. The molecule has 0 unspecified atom stereocenters. The normalized spacial score (nSPS) is 21.5. The van der Waals surface area contributed by atoms with Crippen molar-refractivity contribution < 1.29 is 27.5 Å². The predicted octanol–water partition coefficient (Wildman–Crippen LogP) is 1.62. The number of ether oxygens (including phenoxy) is 1. The zero-order valence-corrected chi connectivity index (χ0v) is 17.7. The number of morpholine rings is 1. The number of hydrogen-bond acceptors (Lipinski definition) is 6. The first kappa shape index (κ1) is 21.2. The number of imide groups is 1. The lowest BCUT2D eigenvalue weighted by atomic mass is 10.1. The maximum absolute atomic E-state index is 12.9. The number of anilines is 1. The zero-order chi connectivity index (χ0) is 22.3. The van der Waals surface area contributed by atoms with Crippen LogP contribution in [0.5, 0.6) is 0 Å². The van der Waals surface area contributed by atoms with Crippen LogP contribution in [0.1, 0.15) is 44.9 Å². The second-order valence-electron chi connectivity index (χ2n) is 7.57. The van der Waals surface area contributed by atoms with Crippen molar-refractivity contribution in [3.63, 3.8) is 0 Å². The van der Waals surface area contributed by atoms with Gasteiger partial charge in [0.2, 0.25) is 10.0 Å². The van der Waals surface area contributed by atoms with Gasteiger partial charge in [-0.1, -0.05) is 6.07 Å². The topological polar surface area (TPSA) is 122 Å². The van der Waals surface area contributed by atoms with Crippen molar-refractivity contribution in [1.29, 1.82) is 0 Å². The van der Waals surface area contributed by atoms with Gasteiger partial charge in [0.15, 0.2) is 0 Å². The lowest BCUT2D eigenvalue weighted by molar-refractivity contribution is -0.0440. The number of nitrogens with one attached hydrogen (secondary N) is 2. The van der Waals surface area contributed by atoms with E-state index in [-0.39, 0.29) is 52.6 Å². The summed E-state index contributed by atoms with van der Waals surface area (Å²) < 4.78 is 32.8. The minimum Gasteiger partial charge on any atom is -0.373 e. The summed E-state index contributed by atoms with van der Waals surface area (Å²) in [5, 5.41) is 4.80. The first-order valence-electron chi connectivity index (χ1n) is 9.72. The van der Waals surface area contributed by atoms with Crippen molar-refractivity contribution in [3.8, 4) is 0 Å². The number of nitrogens with zero attached hydrogens (tertiary/aromatic N) is 1. The summed E-state index contributed by atoms with van der Waals surface area (Å²) in [5.41, 5.74) is 0.720. The van der Waals surface area contributed by atoms with Crippen molar-refractivity contribution in [2.75, 3.05) is 18.4 Å². The van der Waals surface area contributed by atoms with Gasteiger partial charge in [-0.05, 0) is 50.2 Å². The second-order valence-corrected chi connectivity index (χ2v) is 9.51. The second kappa shape index (κ2) is 7.88. The molecule has 0 spiro atoms. The maximum Gasteiger partial charge on any atom is 0.261 e. The van der Waals surface area contributed by atoms with Gasteiger partial charge in [-0.25, -0.2) is 8.42 Å². The van der Waals surface area contributed by atoms with Crippen LogP contribution in [0.25, 0.3) is 0 Å². The van der Waals surface area contributed by atoms with Crippen LogP contribution >= 0.6 is 0 Å². The molecule has 2 aliphatic rings. The monoisotopic (exact) mass is 443 g/mol. The summed E-state index contributed by atoms with van der Waals surface area (Å²) in [5.74, 6) is -1.62. The number of hydrogen-bond donors (Lipinski definition) is 2. The summed E-state index contributed by atoms with van der Waals surface area (Å²) in [6, 6.07) is 10.1. The van der Waals surface area contributed by atoms with E-state index >= 15 is 0 Å². The quantitative estimate of drug-likeness (QED) is 0.693. The fourth-order valence-corrected chi connectivity index (χ4v) is 5.36. The van der Waals surface area contributed by atoms with E-state index in [2.05, 4.69) is 10.6 Å². The molecule has 4 rings (SSSR count). The molecule has 9 nitrogen and oxygen atoms in total. The van der Waals surface area contributed by atoms with Crippen LogP contribution in [0.15, 0.2) is 47.4 Å². The number of fused-ring (bicyclic) bond motifs is 1. The number of sulfonamides is 1. The molecule has 1 fully saturated rings. The van der Waals surface area contributed by atoms with Gasteiger partial charge in [0.1, 0.15) is 0 Å². The van der Waals surface area contributed by atoms with Gasteiger partial charge < -0.3 is 10.1 Å². The highest BCUT2D eigenvalue weighted by molar-refractivity contribution is 7.89. The molecular formula is C21H21N3O6S. The summed E-state index contributed by atoms with van der Waals surface area (Å²) in [6.45, 7) is 4.16. The first-order chi connectivity index (χ1) is 14.7. The van der Waals surface area contributed by atoms with Crippen LogP contribution in [0.2, 0.25) is 0 Å². The lowest BCUT2D eigenvalue weighted by Crippen LogP contribution is -2.48. The van der Waals surface area contributed by atoms with Gasteiger partial charge in [0.05, 0.1) is 33.9 Å². The smallest absolute Gasteiger partial charge is 0.261 e. The first-order valence-corrected chi connectivity index (χ1v) is 11.2. The minimum atomic E-state index is -3.72. The van der Waals surface area contributed by atoms with Crippen molar-refractivity contribution in [2.45, 2.75) is 31.0 Å². The Hall–Kier alpha value is -3.08. The van der Waals surface area contributed by atoms with Gasteiger partial charge in [-0.3, -0.25) is 19.7 Å². The Morgan fingerprint density at radius 2 is 1.68 bits per heavy atom. The molecule has 2 heterocycles. The van der Waals surface area contributed by atoms with E-state index in [1.54, 1.807) is 6.07 Å². The Morgan fingerprint density at radius 1 is 1.03 bits per heavy atom. The average molecular weight is 443 g/mol. The van der Waals surface area contributed by atoms with E-state index in [0.29, 0.717) is 0 Å². The highest BCUT2D eigenvalue weighted by Crippen LogP contribution is 2.25. The van der Waals surface area contributed by atoms with Gasteiger partial charge in [0.25, 0.3) is 17.7 Å². The van der Waals surface area contributed by atoms with Crippen LogP contribution in [0, 0.1) is 0 Å². The molecule has 0 saturated carbocycles. The van der Waals surface area contributed by atoms with E-state index in [0.717, 1.165) is 0 Å². The van der Waals surface area contributed by atoms with Crippen LogP contribution in [0.3, 0.4) is 0 Å². The van der Waals surface area contributed by atoms with Gasteiger partial charge in [-0.2, -0.15) is 4.31 Å². The van der Waals surface area contributed by atoms with Crippen LogP contribution in [-0.2, 0) is 14.8 Å². The molecule has 0 radical (unpaired) electrons. The number of benzene rings is 2. The fourth-order valence-electron chi connectivity index (χ4n) is 3.77. The van der Waals surface area contributed by atoms with E-state index < -0.39 is 27.7 Å². The molecule has 2 aromatic rings. The third-order valence-corrected chi connectivity index (χ3v) is 7.00. The summed E-state index contributed by atoms with van der Waals surface area (Å²) in [4.78, 5) is 36.5. The van der Waals surface area contributed by atoms with Crippen LogP contribution in [0.4, 0.5) is 5.69 Å². The average Bonchev–Trinajstić information content (AvgIpc) is 3.02. The Morgan fingerprint density at radius 3 is 2.32 bits per heavy atom. The summed E-state index contributed by atoms with van der Waals surface area (Å²) >= 11 is 0. The molecule has 2 N–H and O–H groups in total. The van der Waals surface area contributed by atoms with Gasteiger partial charge in [-0.15, -0.1) is 0 Å². The number of carbonyl (C=O) groups is 3. The summed E-state index contributed by atoms with van der Waals surface area (Å²) in [7, 11) is -3.72. The maximum atomic E-state index is 12.9. The van der Waals surface area contributed by atoms with E-state index in [1.165, 1.54) is 40.7 Å². The summed E-state index contributed by atoms with van der Waals surface area (Å²) in [6.07, 6.45) is -0.416. The molecule has 0 aromatic heterocycles. The SMILES string of the molecule is C[C@@H]1CN(S(=O)(=O)c2ccc(C(=O)Nc3cccc4c3C(=O)NC4=O)cc2)C[C@H](C)O1. The molecule has 10 heteroatoms. The third kappa shape index (κ3) is 3.97. The molecule has 2 atom stereocenters. The molecule has 31 heavy (non-hydrogen) atoms. The standard InChI is InChI=1S/C21H21N3O6S/c1-12-10-24(11-13(2)30-12)31(28,29)15-8-6-14(7-9-15)19(25)22-17-5-3-4-16-18(17)21(27)23-20(16)26/h3-9,12-13H,10-11H2,1-2H3,(H,22,25)(H,23,26,27)/t12-,13+. The van der Waals surface area contributed by atoms with E-state index in [4.69, 9.17) is 4.74 Å². The molecular weight excluding hydrogens is 422 g/mol. The zero-order valence-electron chi connectivity index (χ0n) is 16.9. The molecule has 0 bridgehead atoms. The van der Waals surface area contributed by atoms with Crippen LogP contribution < -0.4 is 10.6 Å². The van der Waals surface area contributed by atoms with Crippen LogP contribution in [-0.4, -0.2) is 55.7 Å². The third-order valence-electron chi connectivity index (χ3n) is 5.15. The minimum absolute atomic E-state index is 0.0796.